The molecule has 1 aliphatic rings. The first kappa shape index (κ1) is 13.5. The first-order valence-electron chi connectivity index (χ1n) is 7.02. The Bertz CT molecular complexity index is 594. The third kappa shape index (κ3) is 2.98. The van der Waals surface area contributed by atoms with Gasteiger partial charge in [0, 0.05) is 16.6 Å². The van der Waals surface area contributed by atoms with Gasteiger partial charge in [0.1, 0.15) is 11.9 Å². The fourth-order valence-corrected chi connectivity index (χ4v) is 2.90. The van der Waals surface area contributed by atoms with Crippen LogP contribution in [-0.2, 0) is 12.8 Å². The summed E-state index contributed by atoms with van der Waals surface area (Å²) in [5.74, 6) is 1.02. The molecule has 0 aliphatic carbocycles. The summed E-state index contributed by atoms with van der Waals surface area (Å²) in [7, 11) is 0. The Hall–Kier alpha value is -1.48. The van der Waals surface area contributed by atoms with Gasteiger partial charge in [-0.25, -0.2) is 0 Å². The third-order valence-corrected chi connectivity index (χ3v) is 4.15. The second-order valence-electron chi connectivity index (χ2n) is 5.13. The van der Waals surface area contributed by atoms with Crippen molar-refractivity contribution in [3.05, 3.63) is 58.1 Å². The van der Waals surface area contributed by atoms with Gasteiger partial charge < -0.3 is 10.1 Å². The molecule has 3 heteroatoms. The molecular formula is C17H18BrNO. The summed E-state index contributed by atoms with van der Waals surface area (Å²) >= 11 is 3.50. The lowest BCUT2D eigenvalue weighted by molar-refractivity contribution is 0.246. The zero-order chi connectivity index (χ0) is 13.9. The first-order valence-corrected chi connectivity index (χ1v) is 7.82. The maximum atomic E-state index is 5.95. The lowest BCUT2D eigenvalue weighted by Gasteiger charge is -2.13. The molecule has 0 spiro atoms. The summed E-state index contributed by atoms with van der Waals surface area (Å²) in [5.41, 5.74) is 3.81. The van der Waals surface area contributed by atoms with Crippen LogP contribution in [0.1, 0.15) is 18.1 Å². The van der Waals surface area contributed by atoms with Gasteiger partial charge >= 0.3 is 0 Å². The molecule has 0 saturated carbocycles. The Kier molecular flexibility index (Phi) is 3.97. The Morgan fingerprint density at radius 3 is 2.75 bits per heavy atom. The average molecular weight is 332 g/mol. The summed E-state index contributed by atoms with van der Waals surface area (Å²) in [6.45, 7) is 3.00. The van der Waals surface area contributed by atoms with Gasteiger partial charge in [-0.1, -0.05) is 35.0 Å². The predicted octanol–water partition coefficient (Wildman–Crippen LogP) is 4.43. The quantitative estimate of drug-likeness (QED) is 0.894. The Morgan fingerprint density at radius 1 is 1.20 bits per heavy atom. The van der Waals surface area contributed by atoms with Crippen molar-refractivity contribution in [2.24, 2.45) is 0 Å². The molecule has 0 bridgehead atoms. The summed E-state index contributed by atoms with van der Waals surface area (Å²) in [6, 6.07) is 14.8. The minimum Gasteiger partial charge on any atom is -0.488 e. The van der Waals surface area contributed by atoms with Gasteiger partial charge in [0.25, 0.3) is 0 Å². The number of rotatable bonds is 4. The minimum absolute atomic E-state index is 0.213. The molecule has 0 aromatic heterocycles. The summed E-state index contributed by atoms with van der Waals surface area (Å²) in [6.07, 6.45) is 2.26. The molecule has 1 atom stereocenters. The van der Waals surface area contributed by atoms with Crippen LogP contribution in [0.4, 0.5) is 5.69 Å². The van der Waals surface area contributed by atoms with E-state index in [0.29, 0.717) is 0 Å². The zero-order valence-electron chi connectivity index (χ0n) is 11.5. The highest BCUT2D eigenvalue weighted by molar-refractivity contribution is 9.10. The van der Waals surface area contributed by atoms with Gasteiger partial charge in [0.05, 0.1) is 6.54 Å². The Balaban J connectivity index is 1.58. The van der Waals surface area contributed by atoms with Crippen molar-refractivity contribution in [3.8, 4) is 5.75 Å². The highest BCUT2D eigenvalue weighted by Gasteiger charge is 2.22. The minimum atomic E-state index is 0.213. The highest BCUT2D eigenvalue weighted by Crippen LogP contribution is 2.31. The number of fused-ring (bicyclic) bond motifs is 1. The summed E-state index contributed by atoms with van der Waals surface area (Å²) in [5, 5.41) is 3.45. The number of ether oxygens (including phenoxy) is 1. The van der Waals surface area contributed by atoms with Crippen LogP contribution in [0.25, 0.3) is 0 Å². The monoisotopic (exact) mass is 331 g/mol. The summed E-state index contributed by atoms with van der Waals surface area (Å²) < 4.78 is 7.06. The molecule has 0 fully saturated rings. The third-order valence-electron chi connectivity index (χ3n) is 3.66. The van der Waals surface area contributed by atoms with Gasteiger partial charge in [-0.15, -0.1) is 0 Å². The highest BCUT2D eigenvalue weighted by atomic mass is 79.9. The maximum Gasteiger partial charge on any atom is 0.123 e. The molecule has 1 heterocycles. The molecule has 0 radical (unpaired) electrons. The molecule has 20 heavy (non-hydrogen) atoms. The van der Waals surface area contributed by atoms with Crippen LogP contribution in [0.2, 0.25) is 0 Å². The fraction of sp³-hybridized carbons (Fsp3) is 0.294. The number of aryl methyl sites for hydroxylation is 1. The molecular weight excluding hydrogens is 314 g/mol. The number of hydrogen-bond donors (Lipinski definition) is 1. The van der Waals surface area contributed by atoms with Gasteiger partial charge in [0.15, 0.2) is 0 Å². The van der Waals surface area contributed by atoms with Crippen molar-refractivity contribution < 1.29 is 4.74 Å². The largest absolute Gasteiger partial charge is 0.488 e. The van der Waals surface area contributed by atoms with E-state index >= 15 is 0 Å². The molecule has 1 N–H and O–H groups in total. The number of halogens is 1. The van der Waals surface area contributed by atoms with E-state index in [0.717, 1.165) is 35.3 Å². The summed E-state index contributed by atoms with van der Waals surface area (Å²) in [4.78, 5) is 0. The second kappa shape index (κ2) is 5.88. The normalized spacial score (nSPS) is 16.6. The molecule has 2 nitrogen and oxygen atoms in total. The van der Waals surface area contributed by atoms with E-state index in [9.17, 15) is 0 Å². The van der Waals surface area contributed by atoms with Gasteiger partial charge in [-0.3, -0.25) is 0 Å². The van der Waals surface area contributed by atoms with Crippen molar-refractivity contribution in [1.82, 2.24) is 0 Å². The molecule has 1 aliphatic heterocycles. The van der Waals surface area contributed by atoms with Crippen molar-refractivity contribution in [2.45, 2.75) is 25.9 Å². The van der Waals surface area contributed by atoms with Crippen molar-refractivity contribution >= 4 is 21.6 Å². The smallest absolute Gasteiger partial charge is 0.123 e. The Morgan fingerprint density at radius 2 is 2.00 bits per heavy atom. The van der Waals surface area contributed by atoms with Crippen molar-refractivity contribution in [1.29, 1.82) is 0 Å². The van der Waals surface area contributed by atoms with Crippen LogP contribution in [0.3, 0.4) is 0 Å². The van der Waals surface area contributed by atoms with Crippen LogP contribution >= 0.6 is 15.9 Å². The zero-order valence-corrected chi connectivity index (χ0v) is 13.1. The molecule has 0 amide bonds. The van der Waals surface area contributed by atoms with Crippen LogP contribution in [0.5, 0.6) is 5.75 Å². The number of anilines is 1. The lowest BCUT2D eigenvalue weighted by Crippen LogP contribution is -2.23. The number of hydrogen-bond acceptors (Lipinski definition) is 2. The van der Waals surface area contributed by atoms with Crippen molar-refractivity contribution in [3.63, 3.8) is 0 Å². The first-order chi connectivity index (χ1) is 9.74. The molecule has 1 unspecified atom stereocenters. The number of nitrogens with one attached hydrogen (secondary N) is 1. The van der Waals surface area contributed by atoms with Gasteiger partial charge in [-0.05, 0) is 47.9 Å². The topological polar surface area (TPSA) is 21.3 Å². The average Bonchev–Trinajstić information content (AvgIpc) is 2.87. The van der Waals surface area contributed by atoms with Crippen LogP contribution < -0.4 is 10.1 Å². The SMILES string of the molecule is CCc1ccc(NCC2Cc3cc(Br)ccc3O2)cc1. The molecule has 3 rings (SSSR count). The molecule has 104 valence electrons. The standard InChI is InChI=1S/C17H18BrNO/c1-2-12-3-6-15(7-4-12)19-11-16-10-13-9-14(18)5-8-17(13)20-16/h3-9,16,19H,2,10-11H2,1H3. The van der Waals surface area contributed by atoms with Crippen LogP contribution in [0, 0.1) is 0 Å². The van der Waals surface area contributed by atoms with E-state index in [1.54, 1.807) is 0 Å². The van der Waals surface area contributed by atoms with E-state index in [1.807, 2.05) is 12.1 Å². The van der Waals surface area contributed by atoms with Gasteiger partial charge in [0.2, 0.25) is 0 Å². The Labute approximate surface area is 128 Å². The van der Waals surface area contributed by atoms with E-state index in [4.69, 9.17) is 4.74 Å². The molecule has 2 aromatic rings. The van der Waals surface area contributed by atoms with E-state index < -0.39 is 0 Å². The van der Waals surface area contributed by atoms with Crippen LogP contribution in [0.15, 0.2) is 46.9 Å². The van der Waals surface area contributed by atoms with E-state index in [-0.39, 0.29) is 6.10 Å². The van der Waals surface area contributed by atoms with E-state index in [2.05, 4.69) is 58.5 Å². The number of benzene rings is 2. The molecule has 2 aromatic carbocycles. The van der Waals surface area contributed by atoms with Gasteiger partial charge in [-0.2, -0.15) is 0 Å². The van der Waals surface area contributed by atoms with E-state index in [1.165, 1.54) is 11.1 Å². The van der Waals surface area contributed by atoms with Crippen molar-refractivity contribution in [2.75, 3.05) is 11.9 Å². The second-order valence-corrected chi connectivity index (χ2v) is 6.04. The predicted molar refractivity (Wildman–Crippen MR) is 86.6 cm³/mol. The lowest BCUT2D eigenvalue weighted by atomic mass is 10.1. The van der Waals surface area contributed by atoms with Crippen LogP contribution in [-0.4, -0.2) is 12.6 Å². The fourth-order valence-electron chi connectivity index (χ4n) is 2.49. The maximum absolute atomic E-state index is 5.95. The molecule has 0 saturated heterocycles.